The second-order valence-corrected chi connectivity index (χ2v) is 8.99. The van der Waals surface area contributed by atoms with E-state index in [1.165, 1.54) is 0 Å². The van der Waals surface area contributed by atoms with E-state index in [9.17, 15) is 14.4 Å². The zero-order valence-electron chi connectivity index (χ0n) is 18.1. The van der Waals surface area contributed by atoms with Crippen LogP contribution in [0.1, 0.15) is 21.5 Å². The van der Waals surface area contributed by atoms with E-state index in [1.807, 2.05) is 6.92 Å². The normalized spacial score (nSPS) is 13.5. The van der Waals surface area contributed by atoms with Gasteiger partial charge >= 0.3 is 0 Å². The summed E-state index contributed by atoms with van der Waals surface area (Å²) in [7, 11) is 0. The molecule has 0 atom stereocenters. The summed E-state index contributed by atoms with van der Waals surface area (Å²) in [6, 6.07) is 16.6. The quantitative estimate of drug-likeness (QED) is 0.392. The molecule has 1 aliphatic heterocycles. The molecule has 3 aromatic rings. The van der Waals surface area contributed by atoms with Crippen LogP contribution in [0.5, 0.6) is 0 Å². The molecule has 1 heterocycles. The van der Waals surface area contributed by atoms with Crippen molar-refractivity contribution in [2.24, 2.45) is 0 Å². The Bertz CT molecular complexity index is 1350. The van der Waals surface area contributed by atoms with E-state index in [-0.39, 0.29) is 10.7 Å². The summed E-state index contributed by atoms with van der Waals surface area (Å²) in [6.07, 6.45) is 0. The molecule has 0 fully saturated rings. The number of halogens is 3. The number of hydrogen-bond acceptors (Lipinski definition) is 4. The predicted octanol–water partition coefficient (Wildman–Crippen LogP) is 6.30. The van der Waals surface area contributed by atoms with Crippen LogP contribution >= 0.6 is 34.8 Å². The fraction of sp³-hybridized carbons (Fsp3) is 0.0800. The molecule has 0 saturated carbocycles. The Balaban J connectivity index is 1.58. The molecule has 172 valence electrons. The van der Waals surface area contributed by atoms with Gasteiger partial charge in [-0.1, -0.05) is 58.6 Å². The molecule has 9 heteroatoms. The average Bonchev–Trinajstić information content (AvgIpc) is 2.98. The molecular weight excluding hydrogens is 497 g/mol. The Morgan fingerprint density at radius 1 is 0.824 bits per heavy atom. The van der Waals surface area contributed by atoms with Gasteiger partial charge in [0, 0.05) is 27.0 Å². The van der Waals surface area contributed by atoms with Crippen LogP contribution in [0.3, 0.4) is 0 Å². The minimum absolute atomic E-state index is 0.0606. The first-order valence-electron chi connectivity index (χ1n) is 10.1. The largest absolute Gasteiger partial charge is 0.349 e. The van der Waals surface area contributed by atoms with Gasteiger partial charge in [-0.3, -0.25) is 14.4 Å². The smallest absolute Gasteiger partial charge is 0.283 e. The second-order valence-electron chi connectivity index (χ2n) is 7.74. The zero-order chi connectivity index (χ0) is 24.6. The van der Waals surface area contributed by atoms with Crippen LogP contribution in [0.2, 0.25) is 10.0 Å². The molecule has 3 amide bonds. The lowest BCUT2D eigenvalue weighted by Crippen LogP contribution is -2.32. The topological polar surface area (TPSA) is 78.5 Å². The van der Waals surface area contributed by atoms with Gasteiger partial charge in [0.15, 0.2) is 0 Å². The van der Waals surface area contributed by atoms with Gasteiger partial charge in [-0.05, 0) is 61.9 Å². The van der Waals surface area contributed by atoms with Crippen LogP contribution in [-0.4, -0.2) is 17.7 Å². The number of carbonyl (C=O) groups excluding carboxylic acids is 3. The molecule has 6 nitrogen and oxygen atoms in total. The number of benzene rings is 3. The molecule has 3 aromatic carbocycles. The standard InChI is InChI=1S/C25H18Cl3N3O3/c1-13-3-7-19(8-4-13)31-24(33)21(28)22(25(31)34)30-20-9-15(6-5-14(20)2)23(32)29-18-11-16(26)10-17(27)12-18/h3-12,30H,1-2H3,(H,29,32). The maximum absolute atomic E-state index is 13.0. The molecule has 0 aromatic heterocycles. The average molecular weight is 515 g/mol. The van der Waals surface area contributed by atoms with Crippen molar-refractivity contribution in [3.05, 3.63) is 98.1 Å². The van der Waals surface area contributed by atoms with Crippen molar-refractivity contribution in [2.45, 2.75) is 13.8 Å². The first-order chi connectivity index (χ1) is 16.1. The lowest BCUT2D eigenvalue weighted by Gasteiger charge is -2.16. The summed E-state index contributed by atoms with van der Waals surface area (Å²) in [5, 5.41) is 6.22. The molecule has 1 aliphatic rings. The van der Waals surface area contributed by atoms with Crippen molar-refractivity contribution in [3.8, 4) is 0 Å². The van der Waals surface area contributed by atoms with Crippen LogP contribution in [0.15, 0.2) is 71.4 Å². The fourth-order valence-corrected chi connectivity index (χ4v) is 4.14. The van der Waals surface area contributed by atoms with E-state index >= 15 is 0 Å². The molecule has 0 saturated heterocycles. The maximum atomic E-state index is 13.0. The number of nitrogens with zero attached hydrogens (tertiary/aromatic N) is 1. The Hall–Kier alpha value is -3.32. The minimum atomic E-state index is -0.623. The molecule has 0 aliphatic carbocycles. The lowest BCUT2D eigenvalue weighted by molar-refractivity contribution is -0.120. The SMILES string of the molecule is Cc1ccc(N2C(=O)C(Cl)=C(Nc3cc(C(=O)Nc4cc(Cl)cc(Cl)c4)ccc3C)C2=O)cc1. The molecule has 4 rings (SSSR count). The number of aryl methyl sites for hydroxylation is 2. The van der Waals surface area contributed by atoms with Crippen LogP contribution < -0.4 is 15.5 Å². The van der Waals surface area contributed by atoms with Crippen molar-refractivity contribution in [3.63, 3.8) is 0 Å². The van der Waals surface area contributed by atoms with E-state index in [0.29, 0.717) is 32.7 Å². The molecule has 0 spiro atoms. The van der Waals surface area contributed by atoms with Gasteiger partial charge in [-0.15, -0.1) is 0 Å². The molecule has 0 unspecified atom stereocenters. The Labute approximate surface area is 211 Å². The molecule has 34 heavy (non-hydrogen) atoms. The number of hydrogen-bond donors (Lipinski definition) is 2. The van der Waals surface area contributed by atoms with Gasteiger partial charge in [-0.25, -0.2) is 4.90 Å². The fourth-order valence-electron chi connectivity index (χ4n) is 3.40. The molecule has 0 bridgehead atoms. The molecule has 0 radical (unpaired) electrons. The maximum Gasteiger partial charge on any atom is 0.283 e. The van der Waals surface area contributed by atoms with Crippen LogP contribution in [0.4, 0.5) is 17.1 Å². The third-order valence-corrected chi connectivity index (χ3v) is 5.99. The van der Waals surface area contributed by atoms with Crippen molar-refractivity contribution in [2.75, 3.05) is 15.5 Å². The van der Waals surface area contributed by atoms with E-state index < -0.39 is 17.7 Å². The zero-order valence-corrected chi connectivity index (χ0v) is 20.3. The number of anilines is 3. The number of rotatable bonds is 5. The first kappa shape index (κ1) is 23.8. The van der Waals surface area contributed by atoms with E-state index in [1.54, 1.807) is 67.6 Å². The van der Waals surface area contributed by atoms with Crippen molar-refractivity contribution < 1.29 is 14.4 Å². The number of nitrogens with one attached hydrogen (secondary N) is 2. The number of amides is 3. The van der Waals surface area contributed by atoms with Gasteiger partial charge in [0.05, 0.1) is 5.69 Å². The van der Waals surface area contributed by atoms with Crippen LogP contribution in [-0.2, 0) is 9.59 Å². The third kappa shape index (κ3) is 4.80. The van der Waals surface area contributed by atoms with Crippen molar-refractivity contribution in [1.29, 1.82) is 0 Å². The van der Waals surface area contributed by atoms with Gasteiger partial charge < -0.3 is 10.6 Å². The third-order valence-electron chi connectivity index (χ3n) is 5.20. The highest BCUT2D eigenvalue weighted by Gasteiger charge is 2.39. The van der Waals surface area contributed by atoms with E-state index in [0.717, 1.165) is 16.0 Å². The van der Waals surface area contributed by atoms with Crippen LogP contribution in [0.25, 0.3) is 0 Å². The summed E-state index contributed by atoms with van der Waals surface area (Å²) in [6.45, 7) is 3.71. The number of imide groups is 1. The summed E-state index contributed by atoms with van der Waals surface area (Å²) in [5.41, 5.74) is 3.30. The highest BCUT2D eigenvalue weighted by molar-refractivity contribution is 6.53. The summed E-state index contributed by atoms with van der Waals surface area (Å²) < 4.78 is 0. The Morgan fingerprint density at radius 3 is 2.12 bits per heavy atom. The monoisotopic (exact) mass is 513 g/mol. The van der Waals surface area contributed by atoms with Gasteiger partial charge in [0.25, 0.3) is 17.7 Å². The predicted molar refractivity (Wildman–Crippen MR) is 136 cm³/mol. The van der Waals surface area contributed by atoms with Crippen molar-refractivity contribution >= 4 is 69.6 Å². The van der Waals surface area contributed by atoms with E-state index in [4.69, 9.17) is 34.8 Å². The number of carbonyl (C=O) groups is 3. The minimum Gasteiger partial charge on any atom is -0.349 e. The van der Waals surface area contributed by atoms with Crippen molar-refractivity contribution in [1.82, 2.24) is 0 Å². The van der Waals surface area contributed by atoms with Crippen LogP contribution in [0, 0.1) is 13.8 Å². The molecule has 2 N–H and O–H groups in total. The van der Waals surface area contributed by atoms with Gasteiger partial charge in [0.2, 0.25) is 0 Å². The highest BCUT2D eigenvalue weighted by Crippen LogP contribution is 2.31. The highest BCUT2D eigenvalue weighted by atomic mass is 35.5. The van der Waals surface area contributed by atoms with E-state index in [2.05, 4.69) is 10.6 Å². The van der Waals surface area contributed by atoms with Gasteiger partial charge in [0.1, 0.15) is 10.7 Å². The summed E-state index contributed by atoms with van der Waals surface area (Å²) in [5.74, 6) is -1.61. The Morgan fingerprint density at radius 2 is 1.47 bits per heavy atom. The first-order valence-corrected chi connectivity index (χ1v) is 11.3. The van der Waals surface area contributed by atoms with Gasteiger partial charge in [-0.2, -0.15) is 0 Å². The molecular formula is C25H18Cl3N3O3. The second kappa shape index (κ2) is 9.50. The Kier molecular flexibility index (Phi) is 6.66. The lowest BCUT2D eigenvalue weighted by atomic mass is 10.1. The summed E-state index contributed by atoms with van der Waals surface area (Å²) in [4.78, 5) is 39.6. The summed E-state index contributed by atoms with van der Waals surface area (Å²) >= 11 is 18.2.